The zero-order valence-electron chi connectivity index (χ0n) is 14.2. The van der Waals surface area contributed by atoms with Gasteiger partial charge in [0, 0.05) is 12.5 Å². The van der Waals surface area contributed by atoms with Gasteiger partial charge in [0.1, 0.15) is 17.1 Å². The average molecular weight is 328 g/mol. The Morgan fingerprint density at radius 1 is 1.29 bits per heavy atom. The number of hydrogen-bond acceptors (Lipinski definition) is 5. The van der Waals surface area contributed by atoms with Crippen LogP contribution in [0.2, 0.25) is 0 Å². The lowest BCUT2D eigenvalue weighted by molar-refractivity contribution is 0.0741. The molecule has 0 saturated carbocycles. The Balaban J connectivity index is 2.18. The molecule has 0 radical (unpaired) electrons. The molecule has 2 aliphatic heterocycles. The monoisotopic (exact) mass is 328 g/mol. The van der Waals surface area contributed by atoms with Gasteiger partial charge in [-0.3, -0.25) is 0 Å². The second-order valence-corrected chi connectivity index (χ2v) is 7.16. The molecule has 0 unspecified atom stereocenters. The third-order valence-corrected chi connectivity index (χ3v) is 4.59. The summed E-state index contributed by atoms with van der Waals surface area (Å²) in [7, 11) is 0. The maximum atomic E-state index is 11.9. The van der Waals surface area contributed by atoms with Crippen molar-refractivity contribution in [2.24, 2.45) is 0 Å². The van der Waals surface area contributed by atoms with Gasteiger partial charge in [0.25, 0.3) is 0 Å². The summed E-state index contributed by atoms with van der Waals surface area (Å²) in [5.74, 6) is 1.18. The molecule has 126 valence electrons. The van der Waals surface area contributed by atoms with E-state index < -0.39 is 17.3 Å². The van der Waals surface area contributed by atoms with E-state index in [0.29, 0.717) is 29.1 Å². The lowest BCUT2D eigenvalue weighted by atomic mass is 9.90. The van der Waals surface area contributed by atoms with Gasteiger partial charge in [0.2, 0.25) is 0 Å². The van der Waals surface area contributed by atoms with Gasteiger partial charge in [-0.15, -0.1) is 0 Å². The van der Waals surface area contributed by atoms with Crippen LogP contribution < -0.4 is 15.1 Å². The lowest BCUT2D eigenvalue weighted by Crippen LogP contribution is -2.30. The van der Waals surface area contributed by atoms with Crippen molar-refractivity contribution in [1.82, 2.24) is 0 Å². The fourth-order valence-corrected chi connectivity index (χ4v) is 3.52. The van der Waals surface area contributed by atoms with Crippen LogP contribution in [-0.2, 0) is 0 Å². The fourth-order valence-electron chi connectivity index (χ4n) is 3.52. The Bertz CT molecular complexity index is 935. The number of aliphatic hydroxyl groups is 1. The molecule has 0 spiro atoms. The molecule has 3 heterocycles. The predicted molar refractivity (Wildman–Crippen MR) is 90.6 cm³/mol. The minimum absolute atomic E-state index is 0.131. The molecule has 4 rings (SSSR count). The van der Waals surface area contributed by atoms with E-state index >= 15 is 0 Å². The summed E-state index contributed by atoms with van der Waals surface area (Å²) in [6.07, 6.45) is 3.50. The third kappa shape index (κ3) is 2.15. The van der Waals surface area contributed by atoms with E-state index in [4.69, 9.17) is 13.9 Å². The van der Waals surface area contributed by atoms with E-state index in [9.17, 15) is 9.90 Å². The van der Waals surface area contributed by atoms with Crippen molar-refractivity contribution in [2.75, 3.05) is 0 Å². The molecule has 1 aromatic heterocycles. The summed E-state index contributed by atoms with van der Waals surface area (Å²) in [5.41, 5.74) is 1.53. The number of fused-ring (bicyclic) bond motifs is 6. The minimum atomic E-state index is -0.746. The number of rotatable bonds is 0. The van der Waals surface area contributed by atoms with Gasteiger partial charge in [-0.2, -0.15) is 0 Å². The normalized spacial score (nSPS) is 24.0. The van der Waals surface area contributed by atoms with Crippen molar-refractivity contribution in [2.45, 2.75) is 51.9 Å². The second kappa shape index (κ2) is 4.86. The number of aliphatic hydroxyl groups excluding tert-OH is 1. The number of ether oxygens (including phenoxy) is 2. The molecular formula is C19H20O5. The van der Waals surface area contributed by atoms with E-state index in [2.05, 4.69) is 0 Å². The number of benzene rings is 1. The molecule has 2 atom stereocenters. The molecule has 5 nitrogen and oxygen atoms in total. The van der Waals surface area contributed by atoms with Crippen molar-refractivity contribution in [3.8, 4) is 11.5 Å². The summed E-state index contributed by atoms with van der Waals surface area (Å²) in [4.78, 5) is 11.9. The van der Waals surface area contributed by atoms with E-state index in [1.165, 1.54) is 6.07 Å². The first kappa shape index (κ1) is 15.3. The van der Waals surface area contributed by atoms with Crippen LogP contribution in [0.15, 0.2) is 21.4 Å². The van der Waals surface area contributed by atoms with Gasteiger partial charge >= 0.3 is 5.63 Å². The van der Waals surface area contributed by atoms with Crippen LogP contribution in [0.1, 0.15) is 50.0 Å². The topological polar surface area (TPSA) is 68.9 Å². The molecular weight excluding hydrogens is 308 g/mol. The van der Waals surface area contributed by atoms with Gasteiger partial charge in [0.05, 0.1) is 28.7 Å². The van der Waals surface area contributed by atoms with Crippen molar-refractivity contribution in [1.29, 1.82) is 0 Å². The predicted octanol–water partition coefficient (Wildman–Crippen LogP) is 3.49. The number of hydrogen-bond donors (Lipinski definition) is 1. The van der Waals surface area contributed by atoms with Gasteiger partial charge in [-0.05, 0) is 45.4 Å². The molecule has 0 saturated heterocycles. The van der Waals surface area contributed by atoms with Gasteiger partial charge in [0.15, 0.2) is 5.58 Å². The highest BCUT2D eigenvalue weighted by Crippen LogP contribution is 2.50. The minimum Gasteiger partial charge on any atom is -0.489 e. The molecule has 1 aromatic carbocycles. The lowest BCUT2D eigenvalue weighted by Gasteiger charge is -2.34. The SMILES string of the molecule is Cc1cc(=O)oc2c3c(c4c(c12)OC(C)(C)C=C4)O[C@H](C)C[C@@H]3O. The Morgan fingerprint density at radius 3 is 2.79 bits per heavy atom. The number of aryl methyl sites for hydroxylation is 1. The molecule has 24 heavy (non-hydrogen) atoms. The summed E-state index contributed by atoms with van der Waals surface area (Å²) in [5, 5.41) is 11.3. The highest BCUT2D eigenvalue weighted by atomic mass is 16.5. The van der Waals surface area contributed by atoms with Crippen LogP contribution in [0, 0.1) is 6.92 Å². The standard InChI is InChI=1S/C19H20O5/c1-9-7-13(21)23-18-14(9)17-11(5-6-19(3,4)24-17)16-15(18)12(20)8-10(2)22-16/h5-7,10,12,20H,8H2,1-4H3/t10-,12+/m1/s1. The molecule has 2 aliphatic rings. The van der Waals surface area contributed by atoms with Crippen LogP contribution in [0.3, 0.4) is 0 Å². The van der Waals surface area contributed by atoms with Crippen molar-refractivity contribution < 1.29 is 19.0 Å². The quantitative estimate of drug-likeness (QED) is 0.750. The second-order valence-electron chi connectivity index (χ2n) is 7.16. The molecule has 1 N–H and O–H groups in total. The van der Waals surface area contributed by atoms with Crippen LogP contribution in [0.4, 0.5) is 0 Å². The average Bonchev–Trinajstić information content (AvgIpc) is 2.44. The van der Waals surface area contributed by atoms with Gasteiger partial charge in [-0.1, -0.05) is 0 Å². The Hall–Kier alpha value is -2.27. The van der Waals surface area contributed by atoms with E-state index in [0.717, 1.165) is 16.5 Å². The van der Waals surface area contributed by atoms with E-state index in [1.54, 1.807) is 0 Å². The van der Waals surface area contributed by atoms with Crippen molar-refractivity contribution >= 4 is 17.0 Å². The van der Waals surface area contributed by atoms with Gasteiger partial charge in [-0.25, -0.2) is 4.79 Å². The first-order chi connectivity index (χ1) is 11.3. The Morgan fingerprint density at radius 2 is 2.04 bits per heavy atom. The molecule has 0 bridgehead atoms. The molecule has 0 fully saturated rings. The van der Waals surface area contributed by atoms with Crippen LogP contribution in [0.5, 0.6) is 11.5 Å². The first-order valence-electron chi connectivity index (χ1n) is 8.14. The highest BCUT2D eigenvalue weighted by Gasteiger charge is 2.36. The molecule has 5 heteroatoms. The fraction of sp³-hybridized carbons (Fsp3) is 0.421. The van der Waals surface area contributed by atoms with E-state index in [1.807, 2.05) is 39.8 Å². The molecule has 2 aromatic rings. The van der Waals surface area contributed by atoms with Crippen LogP contribution >= 0.6 is 0 Å². The smallest absolute Gasteiger partial charge is 0.336 e. The summed E-state index contributed by atoms with van der Waals surface area (Å²) in [6.45, 7) is 7.68. The van der Waals surface area contributed by atoms with Crippen LogP contribution in [0.25, 0.3) is 17.0 Å². The Labute approximate surface area is 139 Å². The third-order valence-electron chi connectivity index (χ3n) is 4.59. The van der Waals surface area contributed by atoms with E-state index in [-0.39, 0.29) is 6.10 Å². The summed E-state index contributed by atoms with van der Waals surface area (Å²) in [6, 6.07) is 1.45. The van der Waals surface area contributed by atoms with Crippen molar-refractivity contribution in [3.05, 3.63) is 39.3 Å². The summed E-state index contributed by atoms with van der Waals surface area (Å²) >= 11 is 0. The van der Waals surface area contributed by atoms with Crippen molar-refractivity contribution in [3.63, 3.8) is 0 Å². The maximum absolute atomic E-state index is 11.9. The highest BCUT2D eigenvalue weighted by molar-refractivity contribution is 5.96. The molecule has 0 aliphatic carbocycles. The summed E-state index contributed by atoms with van der Waals surface area (Å²) < 4.78 is 17.7. The molecule has 0 amide bonds. The van der Waals surface area contributed by atoms with Crippen LogP contribution in [-0.4, -0.2) is 16.8 Å². The largest absolute Gasteiger partial charge is 0.489 e. The Kier molecular flexibility index (Phi) is 3.09. The van der Waals surface area contributed by atoms with Gasteiger partial charge < -0.3 is 19.0 Å². The zero-order valence-corrected chi connectivity index (χ0v) is 14.2. The zero-order chi connectivity index (χ0) is 17.2. The first-order valence-corrected chi connectivity index (χ1v) is 8.14. The maximum Gasteiger partial charge on any atom is 0.336 e.